The van der Waals surface area contributed by atoms with E-state index in [1.54, 1.807) is 6.07 Å². The first-order valence-electron chi connectivity index (χ1n) is 11.4. The molecule has 0 amide bonds. The average Bonchev–Trinajstić information content (AvgIpc) is 3.39. The second kappa shape index (κ2) is 7.33. The molecule has 3 aromatic rings. The Hall–Kier alpha value is -2.95. The molecule has 160 valence electrons. The molecule has 5 rings (SSSR count). The number of hydrogen-bond acceptors (Lipinski definition) is 8. The number of fused-ring (bicyclic) bond motifs is 2. The Morgan fingerprint density at radius 2 is 2.03 bits per heavy atom. The number of nitrogens with two attached hydrogens (primary N) is 1. The number of hydrogen-bond donors (Lipinski definition) is 2. The van der Waals surface area contributed by atoms with E-state index in [-0.39, 0.29) is 33.2 Å². The predicted octanol–water partition coefficient (Wildman–Crippen LogP) is 1.62. The minimum Gasteiger partial charge on any atom is -0.382 e. The summed E-state index contributed by atoms with van der Waals surface area (Å²) in [5.41, 5.74) is 6.45. The quantitative estimate of drug-likeness (QED) is 0.613. The number of nitrogens with one attached hydrogen (secondary N) is 1. The highest BCUT2D eigenvalue weighted by molar-refractivity contribution is 7.89. The lowest BCUT2D eigenvalue weighted by Gasteiger charge is -2.26. The van der Waals surface area contributed by atoms with Crippen LogP contribution in [0, 0.1) is 6.85 Å². The molecule has 2 aliphatic rings. The molecule has 31 heavy (non-hydrogen) atoms. The van der Waals surface area contributed by atoms with Crippen LogP contribution in [0.3, 0.4) is 0 Å². The lowest BCUT2D eigenvalue weighted by molar-refractivity contribution is 0.359. The molecule has 2 bridgehead atoms. The van der Waals surface area contributed by atoms with Crippen molar-refractivity contribution in [3.63, 3.8) is 0 Å². The van der Waals surface area contributed by atoms with Crippen LogP contribution in [0.5, 0.6) is 0 Å². The lowest BCUT2D eigenvalue weighted by atomic mass is 9.97. The second-order valence-corrected chi connectivity index (χ2v) is 9.64. The molecule has 0 atom stereocenters. The van der Waals surface area contributed by atoms with Gasteiger partial charge in [-0.2, -0.15) is 0 Å². The summed E-state index contributed by atoms with van der Waals surface area (Å²) < 4.78 is 53.4. The van der Waals surface area contributed by atoms with Gasteiger partial charge in [0, 0.05) is 41.0 Å². The zero-order chi connectivity index (χ0) is 24.1. The van der Waals surface area contributed by atoms with Crippen molar-refractivity contribution in [1.82, 2.24) is 29.6 Å². The van der Waals surface area contributed by atoms with E-state index in [9.17, 15) is 8.42 Å². The summed E-state index contributed by atoms with van der Waals surface area (Å²) in [4.78, 5) is 18.9. The zero-order valence-electron chi connectivity index (χ0n) is 19.6. The van der Waals surface area contributed by atoms with Gasteiger partial charge < -0.3 is 10.6 Å². The summed E-state index contributed by atoms with van der Waals surface area (Å²) in [7, 11) is -3.90. The van der Waals surface area contributed by atoms with Crippen molar-refractivity contribution in [2.45, 2.75) is 30.1 Å². The molecular weight excluding hydrogens is 414 g/mol. The van der Waals surface area contributed by atoms with E-state index in [0.29, 0.717) is 12.2 Å². The molecule has 2 aromatic heterocycles. The van der Waals surface area contributed by atoms with Crippen LogP contribution in [0.15, 0.2) is 47.9 Å². The largest absolute Gasteiger partial charge is 0.382 e. The van der Waals surface area contributed by atoms with Crippen LogP contribution in [-0.2, 0) is 10.0 Å². The van der Waals surface area contributed by atoms with E-state index in [1.165, 1.54) is 36.9 Å². The van der Waals surface area contributed by atoms with E-state index >= 15 is 0 Å². The third kappa shape index (κ3) is 3.67. The standard InChI is InChI=1S/C21H23N7O2S/c1-14-2-3-15(31(29,30)27-21-5-8-28(12-21)9-6-21)10-16(14)18-11-24-20(22)19(26-18)17-4-7-23-13-25-17/h2-4,7,10-11,13,27H,5-6,8-9,12H2,1H3,(H2,22,24)/i1D3. The Morgan fingerprint density at radius 3 is 2.71 bits per heavy atom. The number of sulfonamides is 1. The van der Waals surface area contributed by atoms with Crippen LogP contribution in [0.4, 0.5) is 5.82 Å². The SMILES string of the molecule is [2H]C([2H])([2H])c1ccc(S(=O)(=O)NC23CCN(CC2)C3)cc1-c1cnc(N)c(-c2ccncn2)n1. The fourth-order valence-electron chi connectivity index (χ4n) is 4.25. The van der Waals surface area contributed by atoms with Crippen molar-refractivity contribution in [3.05, 3.63) is 48.5 Å². The molecule has 0 aliphatic carbocycles. The fourth-order valence-corrected chi connectivity index (χ4v) is 5.73. The van der Waals surface area contributed by atoms with Crippen LogP contribution in [0.1, 0.15) is 22.5 Å². The summed E-state index contributed by atoms with van der Waals surface area (Å²) in [6, 6.07) is 5.58. The maximum Gasteiger partial charge on any atom is 0.241 e. The van der Waals surface area contributed by atoms with Gasteiger partial charge in [-0.15, -0.1) is 0 Å². The summed E-state index contributed by atoms with van der Waals surface area (Å²) in [6.45, 7) is -0.103. The van der Waals surface area contributed by atoms with Crippen LogP contribution < -0.4 is 10.5 Å². The van der Waals surface area contributed by atoms with Gasteiger partial charge in [-0.1, -0.05) is 6.07 Å². The Balaban J connectivity index is 1.60. The first kappa shape index (κ1) is 16.7. The van der Waals surface area contributed by atoms with Gasteiger partial charge in [-0.25, -0.2) is 33.1 Å². The highest BCUT2D eigenvalue weighted by Gasteiger charge is 2.46. The zero-order valence-corrected chi connectivity index (χ0v) is 17.4. The number of nitrogen functional groups attached to an aromatic ring is 1. The Bertz CT molecular complexity index is 1340. The fraction of sp³-hybridized carbons (Fsp3) is 0.333. The second-order valence-electron chi connectivity index (χ2n) is 7.95. The van der Waals surface area contributed by atoms with Gasteiger partial charge in [-0.05, 0) is 43.5 Å². The molecule has 10 heteroatoms. The molecule has 2 fully saturated rings. The van der Waals surface area contributed by atoms with Gasteiger partial charge in [0.2, 0.25) is 10.0 Å². The highest BCUT2D eigenvalue weighted by Crippen LogP contribution is 2.34. The maximum atomic E-state index is 13.3. The topological polar surface area (TPSA) is 127 Å². The van der Waals surface area contributed by atoms with Gasteiger partial charge >= 0.3 is 0 Å². The number of aryl methyl sites for hydroxylation is 1. The van der Waals surface area contributed by atoms with Crippen LogP contribution >= 0.6 is 0 Å². The Labute approximate surface area is 185 Å². The Kier molecular flexibility index (Phi) is 3.95. The first-order chi connectivity index (χ1) is 16.1. The molecule has 0 unspecified atom stereocenters. The van der Waals surface area contributed by atoms with Crippen molar-refractivity contribution >= 4 is 15.8 Å². The van der Waals surface area contributed by atoms with Gasteiger partial charge in [0.15, 0.2) is 5.82 Å². The highest BCUT2D eigenvalue weighted by atomic mass is 32.2. The lowest BCUT2D eigenvalue weighted by Crippen LogP contribution is -2.47. The minimum atomic E-state index is -3.90. The van der Waals surface area contributed by atoms with E-state index < -0.39 is 22.4 Å². The molecule has 9 nitrogen and oxygen atoms in total. The summed E-state index contributed by atoms with van der Waals surface area (Å²) in [5, 5.41) is 0. The van der Waals surface area contributed by atoms with Crippen LogP contribution in [-0.4, -0.2) is 58.4 Å². The molecular formula is C21H23N7O2S. The molecule has 2 saturated heterocycles. The van der Waals surface area contributed by atoms with Crippen molar-refractivity contribution in [1.29, 1.82) is 0 Å². The number of piperidine rings is 1. The van der Waals surface area contributed by atoms with E-state index in [1.807, 2.05) is 0 Å². The van der Waals surface area contributed by atoms with E-state index in [2.05, 4.69) is 29.6 Å². The molecule has 3 N–H and O–H groups in total. The van der Waals surface area contributed by atoms with Gasteiger partial charge in [0.05, 0.1) is 22.5 Å². The van der Waals surface area contributed by atoms with Gasteiger partial charge in [-0.3, -0.25) is 0 Å². The average molecular weight is 441 g/mol. The molecule has 4 heterocycles. The third-order valence-corrected chi connectivity index (χ3v) is 7.47. The minimum absolute atomic E-state index is 0.0302. The number of aromatic nitrogens is 4. The number of anilines is 1. The van der Waals surface area contributed by atoms with Crippen molar-refractivity contribution < 1.29 is 12.5 Å². The monoisotopic (exact) mass is 440 g/mol. The molecule has 2 aliphatic heterocycles. The molecule has 1 aromatic carbocycles. The van der Waals surface area contributed by atoms with Gasteiger partial charge in [0.1, 0.15) is 12.0 Å². The smallest absolute Gasteiger partial charge is 0.241 e. The van der Waals surface area contributed by atoms with E-state index in [4.69, 9.17) is 9.85 Å². The van der Waals surface area contributed by atoms with Crippen molar-refractivity contribution in [2.75, 3.05) is 25.4 Å². The number of benzene rings is 1. The normalized spacial score (nSPS) is 24.5. The number of nitrogens with zero attached hydrogens (tertiary/aromatic N) is 5. The summed E-state index contributed by atoms with van der Waals surface area (Å²) >= 11 is 0. The molecule has 0 saturated carbocycles. The summed E-state index contributed by atoms with van der Waals surface area (Å²) in [6.07, 6.45) is 5.69. The van der Waals surface area contributed by atoms with Crippen LogP contribution in [0.2, 0.25) is 0 Å². The van der Waals surface area contributed by atoms with Crippen LogP contribution in [0.25, 0.3) is 22.6 Å². The first-order valence-corrected chi connectivity index (χ1v) is 11.3. The van der Waals surface area contributed by atoms with E-state index in [0.717, 1.165) is 25.9 Å². The summed E-state index contributed by atoms with van der Waals surface area (Å²) in [5.74, 6) is 0.106. The third-order valence-electron chi connectivity index (χ3n) is 5.89. The van der Waals surface area contributed by atoms with Crippen molar-refractivity contribution in [3.8, 4) is 22.6 Å². The number of rotatable bonds is 5. The Morgan fingerprint density at radius 1 is 1.19 bits per heavy atom. The predicted molar refractivity (Wildman–Crippen MR) is 116 cm³/mol. The van der Waals surface area contributed by atoms with Crippen molar-refractivity contribution in [2.24, 2.45) is 0 Å². The van der Waals surface area contributed by atoms with Gasteiger partial charge in [0.25, 0.3) is 0 Å². The maximum absolute atomic E-state index is 13.3. The molecule has 0 radical (unpaired) electrons. The molecule has 0 spiro atoms.